The highest BCUT2D eigenvalue weighted by atomic mass is 32.2. The molecule has 1 rings (SSSR count). The molecule has 0 radical (unpaired) electrons. The SMILES string of the molecule is CCN(CC1CCCCC1)S(C)(=O)=O. The minimum Gasteiger partial charge on any atom is -0.213 e. The van der Waals surface area contributed by atoms with Crippen molar-refractivity contribution in [1.82, 2.24) is 4.31 Å². The first-order valence-corrected chi connectivity index (χ1v) is 7.34. The lowest BCUT2D eigenvalue weighted by atomic mass is 9.89. The Balaban J connectivity index is 2.47. The molecular formula is C10H21NO2S. The maximum atomic E-state index is 11.4. The van der Waals surface area contributed by atoms with Gasteiger partial charge < -0.3 is 0 Å². The van der Waals surface area contributed by atoms with Crippen LogP contribution in [-0.4, -0.2) is 32.1 Å². The summed E-state index contributed by atoms with van der Waals surface area (Å²) in [7, 11) is -2.98. The Kier molecular flexibility index (Phi) is 4.38. The topological polar surface area (TPSA) is 37.4 Å². The molecule has 0 atom stereocenters. The van der Waals surface area contributed by atoms with Crippen LogP contribution in [0.15, 0.2) is 0 Å². The summed E-state index contributed by atoms with van der Waals surface area (Å²) in [6, 6.07) is 0. The van der Waals surface area contributed by atoms with E-state index in [1.807, 2.05) is 6.92 Å². The van der Waals surface area contributed by atoms with Crippen LogP contribution in [0.25, 0.3) is 0 Å². The lowest BCUT2D eigenvalue weighted by molar-refractivity contribution is 0.285. The number of nitrogens with zero attached hydrogens (tertiary/aromatic N) is 1. The Morgan fingerprint density at radius 1 is 1.21 bits per heavy atom. The summed E-state index contributed by atoms with van der Waals surface area (Å²) < 4.78 is 24.3. The molecular weight excluding hydrogens is 198 g/mol. The molecule has 0 aromatic rings. The van der Waals surface area contributed by atoms with Crippen molar-refractivity contribution in [3.63, 3.8) is 0 Å². The normalized spacial score (nSPS) is 20.2. The van der Waals surface area contributed by atoms with Crippen molar-refractivity contribution in [1.29, 1.82) is 0 Å². The van der Waals surface area contributed by atoms with Crippen molar-refractivity contribution in [3.05, 3.63) is 0 Å². The number of hydrogen-bond donors (Lipinski definition) is 0. The van der Waals surface area contributed by atoms with Gasteiger partial charge >= 0.3 is 0 Å². The quantitative estimate of drug-likeness (QED) is 0.723. The van der Waals surface area contributed by atoms with E-state index in [0.717, 1.165) is 6.54 Å². The largest absolute Gasteiger partial charge is 0.213 e. The zero-order chi connectivity index (χ0) is 10.6. The fraction of sp³-hybridized carbons (Fsp3) is 1.00. The van der Waals surface area contributed by atoms with E-state index in [-0.39, 0.29) is 0 Å². The molecule has 1 fully saturated rings. The van der Waals surface area contributed by atoms with Gasteiger partial charge in [-0.1, -0.05) is 26.2 Å². The summed E-state index contributed by atoms with van der Waals surface area (Å²) in [4.78, 5) is 0. The highest BCUT2D eigenvalue weighted by molar-refractivity contribution is 7.88. The molecule has 0 aromatic carbocycles. The van der Waals surface area contributed by atoms with Crippen LogP contribution < -0.4 is 0 Å². The second kappa shape index (κ2) is 5.12. The van der Waals surface area contributed by atoms with Gasteiger partial charge in [0.1, 0.15) is 0 Å². The number of rotatable bonds is 4. The molecule has 14 heavy (non-hydrogen) atoms. The first-order chi connectivity index (χ1) is 6.54. The van der Waals surface area contributed by atoms with Crippen molar-refractivity contribution in [2.45, 2.75) is 39.0 Å². The standard InChI is InChI=1S/C10H21NO2S/c1-3-11(14(2,12)13)9-10-7-5-4-6-8-10/h10H,3-9H2,1-2H3. The minimum absolute atomic E-state index is 0.596. The van der Waals surface area contributed by atoms with Gasteiger partial charge in [-0.3, -0.25) is 0 Å². The van der Waals surface area contributed by atoms with Crippen LogP contribution in [-0.2, 0) is 10.0 Å². The maximum Gasteiger partial charge on any atom is 0.211 e. The zero-order valence-corrected chi connectivity index (χ0v) is 10.0. The smallest absolute Gasteiger partial charge is 0.211 e. The average molecular weight is 219 g/mol. The summed E-state index contributed by atoms with van der Waals surface area (Å²) in [5.41, 5.74) is 0. The molecule has 0 bridgehead atoms. The summed E-state index contributed by atoms with van der Waals surface area (Å²) in [6.07, 6.45) is 7.57. The van der Waals surface area contributed by atoms with Crippen molar-refractivity contribution in [2.24, 2.45) is 5.92 Å². The van der Waals surface area contributed by atoms with E-state index < -0.39 is 10.0 Å². The molecule has 0 spiro atoms. The molecule has 0 saturated heterocycles. The Morgan fingerprint density at radius 3 is 2.21 bits per heavy atom. The lowest BCUT2D eigenvalue weighted by Crippen LogP contribution is -2.35. The predicted octanol–water partition coefficient (Wildman–Crippen LogP) is 1.85. The van der Waals surface area contributed by atoms with Crippen LogP contribution in [0.3, 0.4) is 0 Å². The highest BCUT2D eigenvalue weighted by Gasteiger charge is 2.21. The van der Waals surface area contributed by atoms with Gasteiger partial charge in [-0.05, 0) is 18.8 Å². The fourth-order valence-corrected chi connectivity index (χ4v) is 3.11. The van der Waals surface area contributed by atoms with E-state index >= 15 is 0 Å². The predicted molar refractivity (Wildman–Crippen MR) is 58.7 cm³/mol. The maximum absolute atomic E-state index is 11.4. The fourth-order valence-electron chi connectivity index (χ4n) is 2.16. The Bertz CT molecular complexity index is 255. The Labute approximate surface area is 87.5 Å². The van der Waals surface area contributed by atoms with Crippen molar-refractivity contribution in [2.75, 3.05) is 19.3 Å². The zero-order valence-electron chi connectivity index (χ0n) is 9.20. The molecule has 3 nitrogen and oxygen atoms in total. The summed E-state index contributed by atoms with van der Waals surface area (Å²) in [5, 5.41) is 0. The average Bonchev–Trinajstić information content (AvgIpc) is 2.14. The van der Waals surface area contributed by atoms with E-state index in [0.29, 0.717) is 12.5 Å². The molecule has 0 amide bonds. The molecule has 4 heteroatoms. The van der Waals surface area contributed by atoms with Crippen molar-refractivity contribution in [3.8, 4) is 0 Å². The number of sulfonamides is 1. The van der Waals surface area contributed by atoms with Gasteiger partial charge in [0, 0.05) is 13.1 Å². The van der Waals surface area contributed by atoms with Gasteiger partial charge in [-0.25, -0.2) is 12.7 Å². The van der Waals surface area contributed by atoms with Gasteiger partial charge in [0.05, 0.1) is 6.26 Å². The van der Waals surface area contributed by atoms with E-state index in [2.05, 4.69) is 0 Å². The van der Waals surface area contributed by atoms with E-state index in [9.17, 15) is 8.42 Å². The molecule has 0 unspecified atom stereocenters. The summed E-state index contributed by atoms with van der Waals surface area (Å²) in [5.74, 6) is 0.596. The third kappa shape index (κ3) is 3.58. The minimum atomic E-state index is -2.98. The van der Waals surface area contributed by atoms with Gasteiger partial charge in [0.15, 0.2) is 0 Å². The van der Waals surface area contributed by atoms with Crippen molar-refractivity contribution < 1.29 is 8.42 Å². The van der Waals surface area contributed by atoms with Crippen LogP contribution in [0.1, 0.15) is 39.0 Å². The number of hydrogen-bond acceptors (Lipinski definition) is 2. The summed E-state index contributed by atoms with van der Waals surface area (Å²) in [6.45, 7) is 3.24. The first kappa shape index (κ1) is 12.0. The lowest BCUT2D eigenvalue weighted by Gasteiger charge is -2.27. The Morgan fingerprint density at radius 2 is 1.79 bits per heavy atom. The molecule has 0 heterocycles. The molecule has 0 aromatic heterocycles. The molecule has 1 aliphatic rings. The second-order valence-corrected chi connectivity index (χ2v) is 6.20. The monoisotopic (exact) mass is 219 g/mol. The van der Waals surface area contributed by atoms with Crippen LogP contribution in [0.4, 0.5) is 0 Å². The molecule has 1 saturated carbocycles. The first-order valence-electron chi connectivity index (χ1n) is 5.49. The highest BCUT2D eigenvalue weighted by Crippen LogP contribution is 2.24. The molecule has 84 valence electrons. The van der Waals surface area contributed by atoms with Gasteiger partial charge in [-0.15, -0.1) is 0 Å². The third-order valence-electron chi connectivity index (χ3n) is 3.01. The van der Waals surface area contributed by atoms with Crippen molar-refractivity contribution >= 4 is 10.0 Å². The van der Waals surface area contributed by atoms with E-state index in [1.54, 1.807) is 4.31 Å². The Hall–Kier alpha value is -0.0900. The third-order valence-corrected chi connectivity index (χ3v) is 4.35. The van der Waals surface area contributed by atoms with Gasteiger partial charge in [0.2, 0.25) is 10.0 Å². The van der Waals surface area contributed by atoms with E-state index in [1.165, 1.54) is 38.4 Å². The van der Waals surface area contributed by atoms with Crippen LogP contribution in [0.5, 0.6) is 0 Å². The van der Waals surface area contributed by atoms with Crippen LogP contribution >= 0.6 is 0 Å². The molecule has 1 aliphatic carbocycles. The second-order valence-electron chi connectivity index (χ2n) is 4.22. The van der Waals surface area contributed by atoms with E-state index in [4.69, 9.17) is 0 Å². The summed E-state index contributed by atoms with van der Waals surface area (Å²) >= 11 is 0. The molecule has 0 aliphatic heterocycles. The van der Waals surface area contributed by atoms with Crippen LogP contribution in [0.2, 0.25) is 0 Å². The molecule has 0 N–H and O–H groups in total. The van der Waals surface area contributed by atoms with Gasteiger partial charge in [0.25, 0.3) is 0 Å². The van der Waals surface area contributed by atoms with Gasteiger partial charge in [-0.2, -0.15) is 0 Å². The van der Waals surface area contributed by atoms with Crippen LogP contribution in [0, 0.1) is 5.92 Å².